The molecular formula is C16H8N2O4. The van der Waals surface area contributed by atoms with Gasteiger partial charge in [-0.3, -0.25) is 29.4 Å². The molecule has 0 radical (unpaired) electrons. The molecule has 0 bridgehead atoms. The van der Waals surface area contributed by atoms with Gasteiger partial charge < -0.3 is 0 Å². The van der Waals surface area contributed by atoms with Crippen molar-refractivity contribution in [1.82, 2.24) is 5.32 Å². The smallest absolute Gasteiger partial charge is 0.288 e. The van der Waals surface area contributed by atoms with E-state index < -0.39 is 23.5 Å². The highest BCUT2D eigenvalue weighted by Crippen LogP contribution is 2.38. The van der Waals surface area contributed by atoms with Gasteiger partial charge in [-0.1, -0.05) is 18.2 Å². The van der Waals surface area contributed by atoms with Crippen LogP contribution >= 0.6 is 0 Å². The predicted octanol–water partition coefficient (Wildman–Crippen LogP) is 1.43. The van der Waals surface area contributed by atoms with Gasteiger partial charge in [0.15, 0.2) is 0 Å². The summed E-state index contributed by atoms with van der Waals surface area (Å²) in [5.74, 6) is -2.44. The van der Waals surface area contributed by atoms with Crippen LogP contribution in [-0.4, -0.2) is 23.5 Å². The Bertz CT molecular complexity index is 901. The van der Waals surface area contributed by atoms with Crippen LogP contribution in [0.15, 0.2) is 42.5 Å². The molecule has 22 heavy (non-hydrogen) atoms. The number of rotatable bonds is 1. The van der Waals surface area contributed by atoms with E-state index in [9.17, 15) is 19.2 Å². The third-order valence-electron chi connectivity index (χ3n) is 3.77. The molecule has 2 aromatic rings. The van der Waals surface area contributed by atoms with Crippen LogP contribution in [0.4, 0.5) is 11.4 Å². The number of carbonyl (C=O) groups is 4. The summed E-state index contributed by atoms with van der Waals surface area (Å²) in [6.45, 7) is 0. The first-order chi connectivity index (χ1) is 10.6. The summed E-state index contributed by atoms with van der Waals surface area (Å²) in [7, 11) is 0. The number of amides is 3. The maximum atomic E-state index is 12.3. The third kappa shape index (κ3) is 1.43. The van der Waals surface area contributed by atoms with Crippen molar-refractivity contribution in [3.63, 3.8) is 0 Å². The number of nitrogens with one attached hydrogen (secondary N) is 1. The second kappa shape index (κ2) is 4.11. The fourth-order valence-electron chi connectivity index (χ4n) is 2.81. The Hall–Kier alpha value is -3.28. The number of imide groups is 1. The van der Waals surface area contributed by atoms with E-state index in [1.54, 1.807) is 36.4 Å². The van der Waals surface area contributed by atoms with E-state index in [1.807, 2.05) is 0 Å². The van der Waals surface area contributed by atoms with Crippen molar-refractivity contribution < 1.29 is 19.2 Å². The largest absolute Gasteiger partial charge is 0.304 e. The fraction of sp³-hybridized carbons (Fsp3) is 0. The molecule has 0 atom stereocenters. The van der Waals surface area contributed by atoms with E-state index in [4.69, 9.17) is 0 Å². The number of para-hydroxylation sites is 1. The van der Waals surface area contributed by atoms with Gasteiger partial charge >= 0.3 is 5.91 Å². The van der Waals surface area contributed by atoms with Crippen LogP contribution in [0.2, 0.25) is 0 Å². The minimum absolute atomic E-state index is 0.116. The maximum absolute atomic E-state index is 12.3. The lowest BCUT2D eigenvalue weighted by molar-refractivity contribution is -0.113. The molecule has 2 aliphatic heterocycles. The number of ketones is 1. The Morgan fingerprint density at radius 3 is 2.23 bits per heavy atom. The van der Waals surface area contributed by atoms with Crippen molar-refractivity contribution in [3.05, 3.63) is 59.2 Å². The Morgan fingerprint density at radius 1 is 0.727 bits per heavy atom. The molecule has 0 aliphatic carbocycles. The number of hydrogen-bond donors (Lipinski definition) is 1. The highest BCUT2D eigenvalue weighted by molar-refractivity contribution is 6.54. The van der Waals surface area contributed by atoms with Gasteiger partial charge in [0.2, 0.25) is 0 Å². The molecule has 2 heterocycles. The van der Waals surface area contributed by atoms with Crippen molar-refractivity contribution in [2.45, 2.75) is 0 Å². The van der Waals surface area contributed by atoms with Crippen molar-refractivity contribution >= 4 is 34.9 Å². The van der Waals surface area contributed by atoms with Gasteiger partial charge in [0.1, 0.15) is 0 Å². The molecule has 0 aromatic heterocycles. The van der Waals surface area contributed by atoms with Gasteiger partial charge in [0, 0.05) is 0 Å². The van der Waals surface area contributed by atoms with Crippen LogP contribution in [0.5, 0.6) is 0 Å². The first-order valence-corrected chi connectivity index (χ1v) is 6.56. The quantitative estimate of drug-likeness (QED) is 0.636. The van der Waals surface area contributed by atoms with Crippen molar-refractivity contribution in [2.24, 2.45) is 0 Å². The summed E-state index contributed by atoms with van der Waals surface area (Å²) >= 11 is 0. The second-order valence-electron chi connectivity index (χ2n) is 4.97. The minimum Gasteiger partial charge on any atom is -0.288 e. The minimum atomic E-state index is -0.734. The number of benzene rings is 2. The Labute approximate surface area is 124 Å². The summed E-state index contributed by atoms with van der Waals surface area (Å²) in [4.78, 5) is 49.3. The third-order valence-corrected chi connectivity index (χ3v) is 3.77. The zero-order chi connectivity index (χ0) is 15.4. The average Bonchev–Trinajstić information content (AvgIpc) is 2.95. The molecule has 106 valence electrons. The summed E-state index contributed by atoms with van der Waals surface area (Å²) in [5, 5.41) is 2.20. The van der Waals surface area contributed by atoms with Gasteiger partial charge in [0.25, 0.3) is 17.6 Å². The Kier molecular flexibility index (Phi) is 2.33. The van der Waals surface area contributed by atoms with E-state index in [2.05, 4.69) is 5.32 Å². The van der Waals surface area contributed by atoms with Gasteiger partial charge in [-0.15, -0.1) is 0 Å². The molecule has 0 saturated carbocycles. The predicted molar refractivity (Wildman–Crippen MR) is 76.2 cm³/mol. The van der Waals surface area contributed by atoms with E-state index >= 15 is 0 Å². The van der Waals surface area contributed by atoms with E-state index in [0.29, 0.717) is 5.69 Å². The summed E-state index contributed by atoms with van der Waals surface area (Å²) in [5.41, 5.74) is 1.26. The standard InChI is InChI=1S/C16H8N2O4/c19-13-8-4-1-2-6-10(8)18(16(13)22)11-7-3-5-9-12(11)15(21)17-14(9)20/h1-7H,(H,17,20,21). The molecule has 3 amide bonds. The lowest BCUT2D eigenvalue weighted by Gasteiger charge is -2.18. The van der Waals surface area contributed by atoms with Crippen LogP contribution in [-0.2, 0) is 4.79 Å². The molecule has 1 N–H and O–H groups in total. The normalized spacial score (nSPS) is 15.9. The van der Waals surface area contributed by atoms with Crippen LogP contribution < -0.4 is 10.2 Å². The van der Waals surface area contributed by atoms with Crippen molar-refractivity contribution in [2.75, 3.05) is 4.90 Å². The molecule has 0 saturated heterocycles. The Balaban J connectivity index is 1.99. The monoisotopic (exact) mass is 292 g/mol. The van der Waals surface area contributed by atoms with E-state index in [1.165, 1.54) is 11.0 Å². The number of fused-ring (bicyclic) bond motifs is 2. The highest BCUT2D eigenvalue weighted by Gasteiger charge is 2.40. The highest BCUT2D eigenvalue weighted by atomic mass is 16.2. The molecule has 2 aliphatic rings. The lowest BCUT2D eigenvalue weighted by Crippen LogP contribution is -2.27. The zero-order valence-corrected chi connectivity index (χ0v) is 11.1. The molecular weight excluding hydrogens is 284 g/mol. The lowest BCUT2D eigenvalue weighted by atomic mass is 10.1. The van der Waals surface area contributed by atoms with E-state index in [0.717, 1.165) is 0 Å². The van der Waals surface area contributed by atoms with Crippen molar-refractivity contribution in [1.29, 1.82) is 0 Å². The number of anilines is 2. The zero-order valence-electron chi connectivity index (χ0n) is 11.1. The number of hydrogen-bond acceptors (Lipinski definition) is 4. The molecule has 6 heteroatoms. The molecule has 0 spiro atoms. The van der Waals surface area contributed by atoms with Crippen LogP contribution in [0, 0.1) is 0 Å². The SMILES string of the molecule is O=C1C(=O)N(c2cccc3c2C(=O)NC3=O)c2ccccc21. The fourth-order valence-corrected chi connectivity index (χ4v) is 2.81. The molecule has 0 unspecified atom stereocenters. The molecule has 2 aromatic carbocycles. The number of Topliss-reactive ketones (excluding diaryl/α,β-unsaturated/α-hetero) is 1. The van der Waals surface area contributed by atoms with Gasteiger partial charge in [-0.2, -0.15) is 0 Å². The van der Waals surface area contributed by atoms with Crippen LogP contribution in [0.1, 0.15) is 31.1 Å². The van der Waals surface area contributed by atoms with Gasteiger partial charge in [0.05, 0.1) is 28.1 Å². The van der Waals surface area contributed by atoms with E-state index in [-0.39, 0.29) is 22.4 Å². The first-order valence-electron chi connectivity index (χ1n) is 6.56. The molecule has 6 nitrogen and oxygen atoms in total. The summed E-state index contributed by atoms with van der Waals surface area (Å²) in [6, 6.07) is 11.2. The number of carbonyl (C=O) groups excluding carboxylic acids is 4. The van der Waals surface area contributed by atoms with Crippen LogP contribution in [0.3, 0.4) is 0 Å². The van der Waals surface area contributed by atoms with Crippen molar-refractivity contribution in [3.8, 4) is 0 Å². The van der Waals surface area contributed by atoms with Gasteiger partial charge in [-0.25, -0.2) is 0 Å². The topological polar surface area (TPSA) is 83.6 Å². The average molecular weight is 292 g/mol. The van der Waals surface area contributed by atoms with Crippen LogP contribution in [0.25, 0.3) is 0 Å². The number of nitrogens with zero attached hydrogens (tertiary/aromatic N) is 1. The van der Waals surface area contributed by atoms with Gasteiger partial charge in [-0.05, 0) is 24.3 Å². The summed E-state index contributed by atoms with van der Waals surface area (Å²) < 4.78 is 0. The second-order valence-corrected chi connectivity index (χ2v) is 4.97. The first kappa shape index (κ1) is 12.5. The summed E-state index contributed by atoms with van der Waals surface area (Å²) in [6.07, 6.45) is 0. The molecule has 4 rings (SSSR count). The maximum Gasteiger partial charge on any atom is 0.304 e. The Morgan fingerprint density at radius 2 is 1.41 bits per heavy atom. The molecule has 0 fully saturated rings.